The van der Waals surface area contributed by atoms with Crippen LogP contribution in [-0.2, 0) is 0 Å². The highest BCUT2D eigenvalue weighted by molar-refractivity contribution is 5.03. The zero-order chi connectivity index (χ0) is 14.5. The molecule has 0 bridgehead atoms. The lowest BCUT2D eigenvalue weighted by Crippen LogP contribution is -2.60. The van der Waals surface area contributed by atoms with Crippen LogP contribution < -0.4 is 0 Å². The number of halogens is 10. The third kappa shape index (κ3) is 2.51. The van der Waals surface area contributed by atoms with Gasteiger partial charge >= 0.3 is 12.4 Å². The monoisotopic (exact) mass is 292 g/mol. The van der Waals surface area contributed by atoms with Gasteiger partial charge in [0.05, 0.1) is 0 Å². The minimum Gasteiger partial charge on any atom is -0.246 e. The molecule has 1 aliphatic rings. The van der Waals surface area contributed by atoms with Crippen LogP contribution in [0.2, 0.25) is 0 Å². The number of hydrogen-bond acceptors (Lipinski definition) is 0. The average Bonchev–Trinajstić information content (AvgIpc) is 2.09. The summed E-state index contributed by atoms with van der Waals surface area (Å²) in [7, 11) is 0. The van der Waals surface area contributed by atoms with E-state index >= 15 is 0 Å². The van der Waals surface area contributed by atoms with Crippen molar-refractivity contribution in [1.82, 2.24) is 0 Å². The summed E-state index contributed by atoms with van der Waals surface area (Å²) in [5.74, 6) is -7.66. The lowest BCUT2D eigenvalue weighted by molar-refractivity contribution is -0.284. The number of alkyl halides is 10. The predicted octanol–water partition coefficient (Wildman–Crippen LogP) is 3.71. The molecule has 1 aliphatic carbocycles. The highest BCUT2D eigenvalue weighted by atomic mass is 19.4. The third-order valence-electron chi connectivity index (χ3n) is 2.74. The Balaban J connectivity index is 3.17. The predicted molar refractivity (Wildman–Crippen MR) is 38.7 cm³/mol. The van der Waals surface area contributed by atoms with Crippen LogP contribution in [0.5, 0.6) is 0 Å². The van der Waals surface area contributed by atoms with Gasteiger partial charge in [0, 0.05) is 0 Å². The van der Waals surface area contributed by atoms with Crippen molar-refractivity contribution in [1.29, 1.82) is 0 Å². The second kappa shape index (κ2) is 4.44. The first-order valence-corrected chi connectivity index (χ1v) is 4.58. The van der Waals surface area contributed by atoms with Crippen LogP contribution in [0.25, 0.3) is 0 Å². The van der Waals surface area contributed by atoms with E-state index in [9.17, 15) is 43.9 Å². The molecule has 4 unspecified atom stereocenters. The van der Waals surface area contributed by atoms with Gasteiger partial charge in [-0.3, -0.25) is 0 Å². The highest BCUT2D eigenvalue weighted by Gasteiger charge is 2.67. The molecule has 18 heavy (non-hydrogen) atoms. The summed E-state index contributed by atoms with van der Waals surface area (Å²) in [4.78, 5) is 0. The molecule has 0 radical (unpaired) electrons. The van der Waals surface area contributed by atoms with Crippen LogP contribution in [0.3, 0.4) is 0 Å². The Kier molecular flexibility index (Phi) is 3.79. The first-order valence-electron chi connectivity index (χ1n) is 4.58. The third-order valence-corrected chi connectivity index (χ3v) is 2.74. The van der Waals surface area contributed by atoms with Gasteiger partial charge in [0.2, 0.25) is 0 Å². The fourth-order valence-corrected chi connectivity index (χ4v) is 1.87. The van der Waals surface area contributed by atoms with Crippen molar-refractivity contribution in [2.75, 3.05) is 0 Å². The molecule has 0 spiro atoms. The fraction of sp³-hybridized carbons (Fsp3) is 1.00. The van der Waals surface area contributed by atoms with Gasteiger partial charge in [-0.2, -0.15) is 26.3 Å². The van der Waals surface area contributed by atoms with Gasteiger partial charge < -0.3 is 0 Å². The molecule has 1 rings (SSSR count). The van der Waals surface area contributed by atoms with Gasteiger partial charge in [-0.25, -0.2) is 17.6 Å². The first kappa shape index (κ1) is 15.4. The molecule has 0 N–H and O–H groups in total. The van der Waals surface area contributed by atoms with E-state index < -0.39 is 48.9 Å². The van der Waals surface area contributed by atoms with E-state index in [1.54, 1.807) is 0 Å². The molecule has 1 fully saturated rings. The van der Waals surface area contributed by atoms with Gasteiger partial charge in [-0.15, -0.1) is 0 Å². The molecule has 0 aliphatic heterocycles. The largest absolute Gasteiger partial charge is 0.397 e. The Morgan fingerprint density at radius 2 is 0.722 bits per heavy atom. The Bertz CT molecular complexity index is 265. The summed E-state index contributed by atoms with van der Waals surface area (Å²) in [6.45, 7) is 0. The van der Waals surface area contributed by atoms with E-state index in [0.29, 0.717) is 0 Å². The molecule has 1 saturated carbocycles. The van der Waals surface area contributed by atoms with E-state index in [1.165, 1.54) is 0 Å². The standard InChI is InChI=1S/C8H6F10/c9-3-1(7(13,14)15)4(10)6(12)5(11)2(3)8(16,17)18/h1-6H. The Morgan fingerprint density at radius 1 is 0.444 bits per heavy atom. The Labute approximate surface area is 93.9 Å². The van der Waals surface area contributed by atoms with Crippen molar-refractivity contribution < 1.29 is 43.9 Å². The van der Waals surface area contributed by atoms with Crippen molar-refractivity contribution in [2.45, 2.75) is 37.0 Å². The van der Waals surface area contributed by atoms with E-state index in [-0.39, 0.29) is 0 Å². The molecule has 0 heterocycles. The molecular weight excluding hydrogens is 286 g/mol. The molecule has 0 nitrogen and oxygen atoms in total. The highest BCUT2D eigenvalue weighted by Crippen LogP contribution is 2.50. The molecule has 0 aromatic carbocycles. The number of rotatable bonds is 0. The molecular formula is C8H6F10. The maximum Gasteiger partial charge on any atom is 0.397 e. The van der Waals surface area contributed by atoms with Crippen LogP contribution in [0.15, 0.2) is 0 Å². The van der Waals surface area contributed by atoms with Gasteiger partial charge in [-0.1, -0.05) is 0 Å². The second-order valence-corrected chi connectivity index (χ2v) is 3.91. The summed E-state index contributed by atoms with van der Waals surface area (Å²) in [5, 5.41) is 0. The SMILES string of the molecule is FC1C(F)C(C(F)(F)F)C(F)C(C(F)(F)F)C1F. The zero-order valence-corrected chi connectivity index (χ0v) is 8.24. The van der Waals surface area contributed by atoms with Crippen LogP contribution in [0, 0.1) is 11.8 Å². The van der Waals surface area contributed by atoms with Crippen LogP contribution in [0.4, 0.5) is 43.9 Å². The van der Waals surface area contributed by atoms with Gasteiger partial charge in [0.1, 0.15) is 30.4 Å². The Hall–Kier alpha value is -0.700. The normalized spacial score (nSPS) is 43.0. The fourth-order valence-electron chi connectivity index (χ4n) is 1.87. The maximum atomic E-state index is 13.1. The van der Waals surface area contributed by atoms with Crippen molar-refractivity contribution in [2.24, 2.45) is 11.8 Å². The molecule has 4 atom stereocenters. The molecule has 0 aromatic heterocycles. The lowest BCUT2D eigenvalue weighted by atomic mass is 9.75. The van der Waals surface area contributed by atoms with Crippen LogP contribution in [0.1, 0.15) is 0 Å². The maximum absolute atomic E-state index is 13.1. The average molecular weight is 292 g/mol. The topological polar surface area (TPSA) is 0 Å². The van der Waals surface area contributed by atoms with Crippen molar-refractivity contribution >= 4 is 0 Å². The van der Waals surface area contributed by atoms with E-state index in [2.05, 4.69) is 0 Å². The van der Waals surface area contributed by atoms with Gasteiger partial charge in [0.25, 0.3) is 0 Å². The summed E-state index contributed by atoms with van der Waals surface area (Å²) in [5.41, 5.74) is 0. The molecule has 0 saturated heterocycles. The molecule has 10 heteroatoms. The van der Waals surface area contributed by atoms with Crippen molar-refractivity contribution in [3.63, 3.8) is 0 Å². The van der Waals surface area contributed by atoms with Crippen LogP contribution in [-0.4, -0.2) is 37.0 Å². The minimum atomic E-state index is -5.73. The van der Waals surface area contributed by atoms with Gasteiger partial charge in [-0.05, 0) is 0 Å². The van der Waals surface area contributed by atoms with E-state index in [1.807, 2.05) is 0 Å². The van der Waals surface area contributed by atoms with Gasteiger partial charge in [0.15, 0.2) is 6.17 Å². The van der Waals surface area contributed by atoms with E-state index in [0.717, 1.165) is 0 Å². The summed E-state index contributed by atoms with van der Waals surface area (Å²) < 4.78 is 125. The van der Waals surface area contributed by atoms with Crippen molar-refractivity contribution in [3.05, 3.63) is 0 Å². The summed E-state index contributed by atoms with van der Waals surface area (Å²) in [6, 6.07) is 0. The van der Waals surface area contributed by atoms with Crippen LogP contribution >= 0.6 is 0 Å². The van der Waals surface area contributed by atoms with E-state index in [4.69, 9.17) is 0 Å². The van der Waals surface area contributed by atoms with Crippen molar-refractivity contribution in [3.8, 4) is 0 Å². The second-order valence-electron chi connectivity index (χ2n) is 3.91. The quantitative estimate of drug-likeness (QED) is 0.597. The summed E-state index contributed by atoms with van der Waals surface area (Å²) in [6.07, 6.45) is -26.4. The molecule has 108 valence electrons. The summed E-state index contributed by atoms with van der Waals surface area (Å²) >= 11 is 0. The smallest absolute Gasteiger partial charge is 0.246 e. The number of hydrogen-bond donors (Lipinski definition) is 0. The molecule has 0 amide bonds. The first-order chi connectivity index (χ1) is 7.89. The lowest BCUT2D eigenvalue weighted by Gasteiger charge is -2.40. The molecule has 0 aromatic rings. The zero-order valence-electron chi connectivity index (χ0n) is 8.24. The minimum absolute atomic E-state index is 3.67. The Morgan fingerprint density at radius 3 is 0.944 bits per heavy atom.